The van der Waals surface area contributed by atoms with Crippen molar-refractivity contribution in [3.8, 4) is 16.8 Å². The highest BCUT2D eigenvalue weighted by Gasteiger charge is 2.64. The number of ether oxygens (including phenoxy) is 1. The number of carbonyl (C=O) groups excluding carboxylic acids is 2. The molecule has 3 aromatic carbocycles. The summed E-state index contributed by atoms with van der Waals surface area (Å²) in [5, 5.41) is 3.78. The van der Waals surface area contributed by atoms with Crippen LogP contribution in [0.4, 0.5) is 26.3 Å². The van der Waals surface area contributed by atoms with Crippen molar-refractivity contribution in [2.75, 3.05) is 12.9 Å². The van der Waals surface area contributed by atoms with Crippen LogP contribution in [0, 0.1) is 16.6 Å². The Kier molecular flexibility index (Phi) is 10.8. The molecule has 2 heterocycles. The molecule has 1 aliphatic carbocycles. The zero-order valence-corrected chi connectivity index (χ0v) is 32.5. The molecule has 6 rings (SSSR count). The molecule has 19 heteroatoms. The van der Waals surface area contributed by atoms with Gasteiger partial charge in [-0.25, -0.2) is 36.2 Å². The van der Waals surface area contributed by atoms with Crippen molar-refractivity contribution in [3.05, 3.63) is 94.8 Å². The first-order valence-electron chi connectivity index (χ1n) is 17.5. The molecule has 2 atom stereocenters. The lowest BCUT2D eigenvalue weighted by atomic mass is 9.75. The van der Waals surface area contributed by atoms with E-state index in [1.807, 2.05) is 0 Å². The fourth-order valence-corrected chi connectivity index (χ4v) is 7.85. The molecule has 11 nitrogen and oxygen atoms in total. The lowest BCUT2D eigenvalue weighted by Crippen LogP contribution is -2.47. The van der Waals surface area contributed by atoms with Crippen molar-refractivity contribution >= 4 is 39.3 Å². The van der Waals surface area contributed by atoms with Gasteiger partial charge in [-0.2, -0.15) is 18.3 Å². The summed E-state index contributed by atoms with van der Waals surface area (Å²) < 4.78 is 116. The third-order valence-electron chi connectivity index (χ3n) is 9.93. The number of carbonyl (C=O) groups is 2. The second kappa shape index (κ2) is 14.8. The summed E-state index contributed by atoms with van der Waals surface area (Å²) in [4.78, 5) is 37.1. The minimum atomic E-state index is -4.66. The minimum Gasteiger partial charge on any atom is -0.463 e. The Morgan fingerprint density at radius 3 is 2.35 bits per heavy atom. The Balaban J connectivity index is 1.43. The molecule has 0 bridgehead atoms. The van der Waals surface area contributed by atoms with Crippen LogP contribution < -0.4 is 5.73 Å². The number of nitrogens with zero attached hydrogens (tertiary/aromatic N) is 5. The molecule has 57 heavy (non-hydrogen) atoms. The molecule has 0 saturated heterocycles. The lowest BCUT2D eigenvalue weighted by molar-refractivity contribution is -0.195. The van der Waals surface area contributed by atoms with Crippen molar-refractivity contribution in [1.29, 1.82) is 0 Å². The van der Waals surface area contributed by atoms with E-state index in [-0.39, 0.29) is 57.1 Å². The van der Waals surface area contributed by atoms with Crippen molar-refractivity contribution in [3.63, 3.8) is 0 Å². The number of aromatic nitrogens is 3. The normalized spacial score (nSPS) is 18.8. The average Bonchev–Trinajstić information content (AvgIpc) is 3.66. The van der Waals surface area contributed by atoms with Crippen LogP contribution in [0.3, 0.4) is 0 Å². The largest absolute Gasteiger partial charge is 0.463 e. The van der Waals surface area contributed by atoms with Gasteiger partial charge in [-0.3, -0.25) is 14.5 Å². The number of guanidine groups is 1. The van der Waals surface area contributed by atoms with Crippen LogP contribution in [-0.2, 0) is 29.7 Å². The second-order valence-electron chi connectivity index (χ2n) is 15.4. The summed E-state index contributed by atoms with van der Waals surface area (Å²) in [7, 11) is -3.63. The van der Waals surface area contributed by atoms with Crippen molar-refractivity contribution in [2.24, 2.45) is 21.6 Å². The predicted octanol–water partition coefficient (Wildman–Crippen LogP) is 7.87. The summed E-state index contributed by atoms with van der Waals surface area (Å²) in [5.41, 5.74) is 1.99. The Morgan fingerprint density at radius 1 is 1.05 bits per heavy atom. The van der Waals surface area contributed by atoms with Crippen LogP contribution in [0.1, 0.15) is 75.9 Å². The van der Waals surface area contributed by atoms with Gasteiger partial charge >= 0.3 is 12.1 Å². The molecular formula is C38H37ClF6N6O5S. The maximum atomic E-state index is 16.1. The summed E-state index contributed by atoms with van der Waals surface area (Å²) in [6.45, 7) is 4.64. The van der Waals surface area contributed by atoms with Crippen LogP contribution in [0.25, 0.3) is 16.8 Å². The first kappa shape index (κ1) is 41.7. The van der Waals surface area contributed by atoms with Gasteiger partial charge in [0.1, 0.15) is 18.8 Å². The first-order chi connectivity index (χ1) is 26.5. The summed E-state index contributed by atoms with van der Waals surface area (Å²) in [5.74, 6) is -4.03. The summed E-state index contributed by atoms with van der Waals surface area (Å²) in [6, 6.07) is 12.1. The van der Waals surface area contributed by atoms with Crippen molar-refractivity contribution in [2.45, 2.75) is 75.5 Å². The van der Waals surface area contributed by atoms with Crippen LogP contribution in [-0.4, -0.2) is 65.0 Å². The van der Waals surface area contributed by atoms with Crippen LogP contribution in [0.2, 0.25) is 5.02 Å². The molecule has 304 valence electrons. The number of alkyl halides is 5. The van der Waals surface area contributed by atoms with Crippen molar-refractivity contribution in [1.82, 2.24) is 19.7 Å². The van der Waals surface area contributed by atoms with Gasteiger partial charge in [0.05, 0.1) is 33.5 Å². The van der Waals surface area contributed by atoms with Gasteiger partial charge in [-0.05, 0) is 71.7 Å². The van der Waals surface area contributed by atoms with Gasteiger partial charge in [0.25, 0.3) is 12.3 Å². The molecule has 0 radical (unpaired) electrons. The van der Waals surface area contributed by atoms with E-state index in [1.54, 1.807) is 20.8 Å². The zero-order chi connectivity index (χ0) is 41.9. The highest BCUT2D eigenvalue weighted by Crippen LogP contribution is 2.60. The quantitative estimate of drug-likeness (QED) is 0.112. The number of hydrogen-bond acceptors (Lipinski definition) is 9. The molecule has 0 unspecified atom stereocenters. The monoisotopic (exact) mass is 838 g/mol. The number of esters is 1. The Hall–Kier alpha value is -4.97. The maximum Gasteiger partial charge on any atom is 0.395 e. The summed E-state index contributed by atoms with van der Waals surface area (Å²) in [6.07, 6.45) is -7.41. The average molecular weight is 839 g/mol. The van der Waals surface area contributed by atoms with Gasteiger partial charge in [0.15, 0.2) is 27.2 Å². The van der Waals surface area contributed by atoms with E-state index in [9.17, 15) is 40.0 Å². The number of halogens is 7. The summed E-state index contributed by atoms with van der Waals surface area (Å²) >= 11 is 6.42. The van der Waals surface area contributed by atoms with Crippen LogP contribution in [0.5, 0.6) is 0 Å². The number of nitrogens with two attached hydrogens (primary N) is 1. The highest BCUT2D eigenvalue weighted by molar-refractivity contribution is 7.90. The third kappa shape index (κ3) is 8.24. The fraction of sp³-hybridized carbons (Fsp3) is 0.395. The number of sulfone groups is 1. The number of benzene rings is 3. The van der Waals surface area contributed by atoms with Gasteiger partial charge in [0.2, 0.25) is 0 Å². The predicted molar refractivity (Wildman–Crippen MR) is 197 cm³/mol. The van der Waals surface area contributed by atoms with E-state index in [0.29, 0.717) is 0 Å². The van der Waals surface area contributed by atoms with Gasteiger partial charge < -0.3 is 10.5 Å². The zero-order valence-electron chi connectivity index (χ0n) is 30.9. The van der Waals surface area contributed by atoms with Gasteiger partial charge in [0, 0.05) is 11.8 Å². The van der Waals surface area contributed by atoms with Crippen LogP contribution in [0.15, 0.2) is 76.9 Å². The number of aliphatic imine (C=N–C) groups is 1. The lowest BCUT2D eigenvalue weighted by Gasteiger charge is -2.35. The molecule has 2 aliphatic rings. The topological polar surface area (TPSA) is 150 Å². The Labute approximate surface area is 328 Å². The van der Waals surface area contributed by atoms with Crippen LogP contribution >= 0.6 is 11.6 Å². The molecule has 1 saturated carbocycles. The van der Waals surface area contributed by atoms with E-state index >= 15 is 4.39 Å². The standard InChI is InChI=1S/C38H37ClF6N6O5S/c1-35(2,3)19-37(23-9-10-25(27(40)16-23)21-6-5-7-24(14-21)57(4,54)55)33(53)50(34(46)49-37)29(18-56-30(52)17-36(12-13-36)38(43,44)45)22-8-11-26(39)28(15-22)51-32(31(41)42)47-20-48-51/h5-11,14-16,20,29,31H,12-13,17-19H2,1-4H3,(H2,46,49)/t29-,37-/m1/s1. The molecule has 4 aromatic rings. The molecule has 1 amide bonds. The molecule has 1 aliphatic heterocycles. The van der Waals surface area contributed by atoms with E-state index in [4.69, 9.17) is 22.1 Å². The minimum absolute atomic E-state index is 0.0245. The third-order valence-corrected chi connectivity index (χ3v) is 11.4. The number of amides is 1. The number of hydrogen-bond donors (Lipinski definition) is 1. The molecule has 0 spiro atoms. The van der Waals surface area contributed by atoms with Gasteiger partial charge in [-0.1, -0.05) is 62.7 Å². The second-order valence-corrected chi connectivity index (χ2v) is 17.9. The Morgan fingerprint density at radius 2 is 1.75 bits per heavy atom. The molecule has 1 aromatic heterocycles. The van der Waals surface area contributed by atoms with Gasteiger partial charge in [-0.15, -0.1) is 0 Å². The van der Waals surface area contributed by atoms with E-state index < -0.39 is 87.4 Å². The number of rotatable bonds is 12. The fourth-order valence-electron chi connectivity index (χ4n) is 6.99. The highest BCUT2D eigenvalue weighted by atomic mass is 35.5. The van der Waals surface area contributed by atoms with E-state index in [1.165, 1.54) is 54.6 Å². The molecular weight excluding hydrogens is 802 g/mol. The van der Waals surface area contributed by atoms with E-state index in [2.05, 4.69) is 15.1 Å². The van der Waals surface area contributed by atoms with E-state index in [0.717, 1.165) is 28.2 Å². The Bertz CT molecular complexity index is 2380. The molecule has 1 fully saturated rings. The smallest absolute Gasteiger partial charge is 0.395 e. The SMILES string of the molecule is CC(C)(C)C[C@]1(c2ccc(-c3cccc(S(C)(=O)=O)c3)c(F)c2)N=C(N)N([C@H](COC(=O)CC2(C(F)(F)F)CC2)c2ccc(Cl)c(-n3ncnc3C(F)F)c2)C1=O. The van der Waals surface area contributed by atoms with Crippen molar-refractivity contribution < 1.29 is 49.1 Å². The first-order valence-corrected chi connectivity index (χ1v) is 19.7. The molecule has 2 N–H and O–H groups in total. The maximum absolute atomic E-state index is 16.1.